The highest BCUT2D eigenvalue weighted by molar-refractivity contribution is 9.10. The number of aromatic nitrogens is 4. The molecule has 0 amide bonds. The van der Waals surface area contributed by atoms with Gasteiger partial charge in [-0.1, -0.05) is 6.07 Å². The van der Waals surface area contributed by atoms with E-state index >= 15 is 0 Å². The molecule has 0 unspecified atom stereocenters. The van der Waals surface area contributed by atoms with Crippen molar-refractivity contribution < 1.29 is 0 Å². The molecule has 6 nitrogen and oxygen atoms in total. The first-order valence-corrected chi connectivity index (χ1v) is 8.02. The second-order valence-electron chi connectivity index (χ2n) is 4.74. The lowest BCUT2D eigenvalue weighted by molar-refractivity contribution is 0.656. The Labute approximate surface area is 132 Å². The third-order valence-corrected chi connectivity index (χ3v) is 5.00. The maximum atomic E-state index is 12.2. The minimum Gasteiger partial charge on any atom is -0.304 e. The summed E-state index contributed by atoms with van der Waals surface area (Å²) in [7, 11) is 3.11. The zero-order valence-corrected chi connectivity index (χ0v) is 13.9. The van der Waals surface area contributed by atoms with Crippen LogP contribution in [0.15, 0.2) is 31.8 Å². The molecular weight excluding hydrogens is 356 g/mol. The molecule has 0 atom stereocenters. The number of halogens is 1. The molecule has 0 spiro atoms. The lowest BCUT2D eigenvalue weighted by Crippen LogP contribution is -2.37. The molecule has 0 fully saturated rings. The van der Waals surface area contributed by atoms with E-state index in [4.69, 9.17) is 0 Å². The molecule has 0 aliphatic rings. The summed E-state index contributed by atoms with van der Waals surface area (Å²) in [6, 6.07) is 4.07. The monoisotopic (exact) mass is 368 g/mol. The van der Waals surface area contributed by atoms with Crippen LogP contribution >= 0.6 is 27.3 Å². The van der Waals surface area contributed by atoms with Gasteiger partial charge in [-0.15, -0.1) is 11.3 Å². The van der Waals surface area contributed by atoms with Gasteiger partial charge in [-0.25, -0.2) is 9.78 Å². The van der Waals surface area contributed by atoms with Gasteiger partial charge in [0.2, 0.25) is 0 Å². The SMILES string of the molecule is Cn1c(=O)c2nc(Br)n(CCc3cccs3)c2n(C)c1=O. The van der Waals surface area contributed by atoms with E-state index < -0.39 is 0 Å². The Morgan fingerprint density at radius 1 is 1.29 bits per heavy atom. The minimum absolute atomic E-state index is 0.303. The molecule has 110 valence electrons. The number of nitrogens with zero attached hydrogens (tertiary/aromatic N) is 4. The van der Waals surface area contributed by atoms with Gasteiger partial charge in [0.25, 0.3) is 5.56 Å². The largest absolute Gasteiger partial charge is 0.332 e. The third kappa shape index (κ3) is 2.28. The van der Waals surface area contributed by atoms with E-state index in [0.29, 0.717) is 22.4 Å². The molecule has 3 heterocycles. The average Bonchev–Trinajstić information content (AvgIpc) is 3.08. The summed E-state index contributed by atoms with van der Waals surface area (Å²) in [5.74, 6) is 0. The van der Waals surface area contributed by atoms with E-state index in [1.807, 2.05) is 16.0 Å². The van der Waals surface area contributed by atoms with Gasteiger partial charge < -0.3 is 4.57 Å². The van der Waals surface area contributed by atoms with Crippen LogP contribution in [0.25, 0.3) is 11.2 Å². The standard InChI is InChI=1S/C13H13BrN4O2S/c1-16-10-9(11(19)17(2)13(16)20)15-12(14)18(10)6-5-8-4-3-7-21-8/h3-4,7H,5-6H2,1-2H3. The van der Waals surface area contributed by atoms with Gasteiger partial charge in [0.05, 0.1) is 0 Å². The van der Waals surface area contributed by atoms with Crippen molar-refractivity contribution >= 4 is 38.4 Å². The van der Waals surface area contributed by atoms with Gasteiger partial charge in [-0.3, -0.25) is 13.9 Å². The Balaban J connectivity index is 2.17. The number of thiophene rings is 1. The minimum atomic E-state index is -0.372. The van der Waals surface area contributed by atoms with Gasteiger partial charge in [0.15, 0.2) is 15.9 Å². The summed E-state index contributed by atoms with van der Waals surface area (Å²) in [4.78, 5) is 29.7. The van der Waals surface area contributed by atoms with Crippen LogP contribution in [0.3, 0.4) is 0 Å². The Bertz CT molecular complexity index is 920. The maximum absolute atomic E-state index is 12.2. The first kappa shape index (κ1) is 14.3. The Hall–Kier alpha value is -1.67. The second kappa shape index (κ2) is 5.27. The van der Waals surface area contributed by atoms with Crippen LogP contribution in [0.5, 0.6) is 0 Å². The summed E-state index contributed by atoms with van der Waals surface area (Å²) in [6.07, 6.45) is 0.825. The van der Waals surface area contributed by atoms with Crippen molar-refractivity contribution in [3.8, 4) is 0 Å². The fraction of sp³-hybridized carbons (Fsp3) is 0.308. The zero-order chi connectivity index (χ0) is 15.1. The van der Waals surface area contributed by atoms with Crippen LogP contribution in [-0.4, -0.2) is 18.7 Å². The second-order valence-corrected chi connectivity index (χ2v) is 6.48. The van der Waals surface area contributed by atoms with Crippen LogP contribution in [0.1, 0.15) is 4.88 Å². The molecule has 0 aromatic carbocycles. The van der Waals surface area contributed by atoms with Crippen LogP contribution in [0.4, 0.5) is 0 Å². The molecule has 3 aromatic heterocycles. The van der Waals surface area contributed by atoms with E-state index in [0.717, 1.165) is 11.0 Å². The van der Waals surface area contributed by atoms with Crippen molar-refractivity contribution in [2.75, 3.05) is 0 Å². The predicted molar refractivity (Wildman–Crippen MR) is 85.9 cm³/mol. The van der Waals surface area contributed by atoms with E-state index in [2.05, 4.69) is 27.0 Å². The predicted octanol–water partition coefficient (Wildman–Crippen LogP) is 1.50. The molecule has 21 heavy (non-hydrogen) atoms. The van der Waals surface area contributed by atoms with Gasteiger partial charge in [-0.05, 0) is 33.8 Å². The van der Waals surface area contributed by atoms with E-state index in [1.165, 1.54) is 16.5 Å². The van der Waals surface area contributed by atoms with Crippen LogP contribution in [0.2, 0.25) is 0 Å². The molecule has 0 N–H and O–H groups in total. The highest BCUT2D eigenvalue weighted by Gasteiger charge is 2.17. The molecule has 0 aliphatic carbocycles. The summed E-state index contributed by atoms with van der Waals surface area (Å²) in [5.41, 5.74) is 0.130. The Morgan fingerprint density at radius 2 is 2.05 bits per heavy atom. The summed E-state index contributed by atoms with van der Waals surface area (Å²) >= 11 is 5.07. The van der Waals surface area contributed by atoms with E-state index in [9.17, 15) is 9.59 Å². The topological polar surface area (TPSA) is 61.8 Å². The lowest BCUT2D eigenvalue weighted by Gasteiger charge is -2.08. The quantitative estimate of drug-likeness (QED) is 0.658. The van der Waals surface area contributed by atoms with Crippen molar-refractivity contribution in [2.45, 2.75) is 13.0 Å². The summed E-state index contributed by atoms with van der Waals surface area (Å²) in [6.45, 7) is 0.651. The van der Waals surface area contributed by atoms with Crippen LogP contribution in [-0.2, 0) is 27.1 Å². The van der Waals surface area contributed by atoms with Gasteiger partial charge in [0.1, 0.15) is 0 Å². The molecule has 0 aliphatic heterocycles. The van der Waals surface area contributed by atoms with Crippen LogP contribution in [0, 0.1) is 0 Å². The smallest absolute Gasteiger partial charge is 0.304 e. The fourth-order valence-corrected chi connectivity index (χ4v) is 3.56. The van der Waals surface area contributed by atoms with Crippen molar-refractivity contribution in [1.82, 2.24) is 18.7 Å². The van der Waals surface area contributed by atoms with Crippen LogP contribution < -0.4 is 11.2 Å². The van der Waals surface area contributed by atoms with E-state index in [1.54, 1.807) is 18.4 Å². The van der Waals surface area contributed by atoms with Gasteiger partial charge >= 0.3 is 5.69 Å². The van der Waals surface area contributed by atoms with Crippen molar-refractivity contribution in [2.24, 2.45) is 14.1 Å². The number of aryl methyl sites for hydroxylation is 3. The molecule has 8 heteroatoms. The first-order chi connectivity index (χ1) is 10.0. The zero-order valence-electron chi connectivity index (χ0n) is 11.5. The van der Waals surface area contributed by atoms with Gasteiger partial charge in [0, 0.05) is 25.5 Å². The number of hydrogen-bond donors (Lipinski definition) is 0. The normalized spacial score (nSPS) is 11.4. The highest BCUT2D eigenvalue weighted by atomic mass is 79.9. The molecule has 0 saturated carbocycles. The van der Waals surface area contributed by atoms with Gasteiger partial charge in [-0.2, -0.15) is 0 Å². The average molecular weight is 369 g/mol. The van der Waals surface area contributed by atoms with E-state index in [-0.39, 0.29) is 11.2 Å². The Kier molecular flexibility index (Phi) is 3.58. The van der Waals surface area contributed by atoms with Crippen molar-refractivity contribution in [3.63, 3.8) is 0 Å². The number of imidazole rings is 1. The highest BCUT2D eigenvalue weighted by Crippen LogP contribution is 2.18. The summed E-state index contributed by atoms with van der Waals surface area (Å²) < 4.78 is 4.96. The first-order valence-electron chi connectivity index (χ1n) is 6.35. The Morgan fingerprint density at radius 3 is 2.71 bits per heavy atom. The molecule has 3 aromatic rings. The number of fused-ring (bicyclic) bond motifs is 1. The number of rotatable bonds is 3. The number of hydrogen-bond acceptors (Lipinski definition) is 4. The van der Waals surface area contributed by atoms with Crippen molar-refractivity contribution in [1.29, 1.82) is 0 Å². The maximum Gasteiger partial charge on any atom is 0.332 e. The lowest BCUT2D eigenvalue weighted by atomic mass is 10.3. The molecule has 0 radical (unpaired) electrons. The molecule has 3 rings (SSSR count). The summed E-state index contributed by atoms with van der Waals surface area (Å²) in [5, 5.41) is 2.03. The molecular formula is C13H13BrN4O2S. The third-order valence-electron chi connectivity index (χ3n) is 3.45. The molecule has 0 bridgehead atoms. The molecule has 0 saturated heterocycles. The fourth-order valence-electron chi connectivity index (χ4n) is 2.34. The van der Waals surface area contributed by atoms with Crippen molar-refractivity contribution in [3.05, 3.63) is 48.0 Å².